The van der Waals surface area contributed by atoms with Crippen molar-refractivity contribution in [2.24, 2.45) is 10.9 Å². The average Bonchev–Trinajstić information content (AvgIpc) is 3.44. The van der Waals surface area contributed by atoms with E-state index in [-0.39, 0.29) is 12.2 Å². The molecule has 2 aromatic heterocycles. The normalized spacial score (nSPS) is 17.2. The Bertz CT molecular complexity index is 999. The third-order valence-electron chi connectivity index (χ3n) is 4.65. The molecule has 1 saturated carbocycles. The van der Waals surface area contributed by atoms with Crippen LogP contribution >= 0.6 is 0 Å². The quantitative estimate of drug-likeness (QED) is 0.697. The minimum absolute atomic E-state index is 0.206. The Morgan fingerprint density at radius 2 is 2.21 bits per heavy atom. The van der Waals surface area contributed by atoms with Gasteiger partial charge in [-0.05, 0) is 31.2 Å². The number of anilines is 4. The number of amides is 1. The minimum atomic E-state index is -1.11. The zero-order chi connectivity index (χ0) is 21.1. The first-order valence-electron chi connectivity index (χ1n) is 9.18. The Labute approximate surface area is 168 Å². The van der Waals surface area contributed by atoms with E-state index < -0.39 is 18.0 Å². The first kappa shape index (κ1) is 20.2. The molecule has 0 aliphatic heterocycles. The molecule has 150 valence electrons. The van der Waals surface area contributed by atoms with Crippen LogP contribution in [-0.2, 0) is 11.2 Å². The first-order valence-corrected chi connectivity index (χ1v) is 9.18. The summed E-state index contributed by atoms with van der Waals surface area (Å²) in [6.07, 6.45) is 1.37. The zero-order valence-electron chi connectivity index (χ0n) is 16.5. The van der Waals surface area contributed by atoms with Gasteiger partial charge in [0.25, 0.3) is 0 Å². The van der Waals surface area contributed by atoms with Crippen molar-refractivity contribution in [3.05, 3.63) is 29.6 Å². The second kappa shape index (κ2) is 8.22. The molecule has 0 radical (unpaired) electrons. The summed E-state index contributed by atoms with van der Waals surface area (Å²) in [6.45, 7) is 5.55. The molecule has 2 atom stereocenters. The van der Waals surface area contributed by atoms with Gasteiger partial charge in [-0.25, -0.2) is 14.4 Å². The van der Waals surface area contributed by atoms with Crippen LogP contribution in [0.2, 0.25) is 0 Å². The number of nitriles is 1. The van der Waals surface area contributed by atoms with Gasteiger partial charge in [-0.1, -0.05) is 6.92 Å². The fourth-order valence-electron chi connectivity index (χ4n) is 2.92. The van der Waals surface area contributed by atoms with Crippen LogP contribution in [0.3, 0.4) is 0 Å². The van der Waals surface area contributed by atoms with Gasteiger partial charge in [0.1, 0.15) is 29.4 Å². The minimum Gasteiger partial charge on any atom is -0.376 e. The summed E-state index contributed by atoms with van der Waals surface area (Å²) in [5, 5.41) is 14.9. The van der Waals surface area contributed by atoms with Gasteiger partial charge in [-0.3, -0.25) is 9.79 Å². The molecule has 0 saturated heterocycles. The summed E-state index contributed by atoms with van der Waals surface area (Å²) in [6, 6.07) is 5.51. The second-order valence-electron chi connectivity index (χ2n) is 6.94. The van der Waals surface area contributed by atoms with Gasteiger partial charge in [0.2, 0.25) is 5.91 Å². The number of hydrogen-bond donors (Lipinski definition) is 2. The number of hydrogen-bond acceptors (Lipinski definition) is 7. The number of aromatic nitrogens is 2. The highest BCUT2D eigenvalue weighted by atomic mass is 19.1. The fraction of sp³-hybridized carbons (Fsp3) is 0.350. The van der Waals surface area contributed by atoms with Crippen molar-refractivity contribution < 1.29 is 9.18 Å². The fourth-order valence-corrected chi connectivity index (χ4v) is 2.92. The van der Waals surface area contributed by atoms with Crippen LogP contribution in [-0.4, -0.2) is 42.9 Å². The number of carbonyl (C=O) groups excluding carboxylic acids is 1. The van der Waals surface area contributed by atoms with E-state index in [0.717, 1.165) is 5.56 Å². The van der Waals surface area contributed by atoms with Crippen molar-refractivity contribution in [1.29, 1.82) is 5.26 Å². The monoisotopic (exact) mass is 395 g/mol. The summed E-state index contributed by atoms with van der Waals surface area (Å²) >= 11 is 0. The molecule has 1 fully saturated rings. The number of nitrogens with zero attached hydrogens (tertiary/aromatic N) is 5. The van der Waals surface area contributed by atoms with Crippen molar-refractivity contribution in [2.75, 3.05) is 29.6 Å². The number of aliphatic imine (C=N–C) groups is 1. The van der Waals surface area contributed by atoms with E-state index in [9.17, 15) is 9.18 Å². The Morgan fingerprint density at radius 3 is 2.76 bits per heavy atom. The largest absolute Gasteiger partial charge is 0.376 e. The van der Waals surface area contributed by atoms with E-state index in [0.29, 0.717) is 35.0 Å². The van der Waals surface area contributed by atoms with Crippen LogP contribution < -0.4 is 15.5 Å². The van der Waals surface area contributed by atoms with E-state index >= 15 is 0 Å². The third kappa shape index (κ3) is 4.32. The van der Waals surface area contributed by atoms with Gasteiger partial charge in [0, 0.05) is 20.2 Å². The standard InChI is InChI=1S/C20H22FN7O/c1-5-11-6-12(9-22)24-10-15(11)25-17-8-16(28(3)4)18(23-2)19(26-17)27-20(29)13-7-14(13)21/h6,8,10,13-14H,2,5,7H2,1,3-4H3,(H2,25,26,27,29). The van der Waals surface area contributed by atoms with E-state index in [1.165, 1.54) is 0 Å². The van der Waals surface area contributed by atoms with E-state index in [1.807, 2.05) is 32.0 Å². The molecule has 0 aromatic carbocycles. The summed E-state index contributed by atoms with van der Waals surface area (Å²) < 4.78 is 13.3. The van der Waals surface area contributed by atoms with Crippen molar-refractivity contribution in [3.8, 4) is 6.07 Å². The smallest absolute Gasteiger partial charge is 0.231 e. The number of alkyl halides is 1. The van der Waals surface area contributed by atoms with Crippen molar-refractivity contribution in [3.63, 3.8) is 0 Å². The van der Waals surface area contributed by atoms with Crippen LogP contribution in [0, 0.1) is 17.2 Å². The molecule has 0 spiro atoms. The molecule has 2 heterocycles. The molecule has 0 bridgehead atoms. The molecule has 3 rings (SSSR count). The predicted molar refractivity (Wildman–Crippen MR) is 111 cm³/mol. The SMILES string of the molecule is C=Nc1c(N(C)C)cc(Nc2cnc(C#N)cc2CC)nc1NC(=O)C1CC1F. The summed E-state index contributed by atoms with van der Waals surface area (Å²) in [5.74, 6) is -0.419. The Morgan fingerprint density at radius 1 is 1.48 bits per heavy atom. The third-order valence-corrected chi connectivity index (χ3v) is 4.65. The molecule has 1 aliphatic carbocycles. The van der Waals surface area contributed by atoms with Crippen molar-refractivity contribution in [2.45, 2.75) is 25.9 Å². The lowest BCUT2D eigenvalue weighted by Gasteiger charge is -2.20. The maximum absolute atomic E-state index is 13.3. The van der Waals surface area contributed by atoms with E-state index in [2.05, 4.69) is 32.3 Å². The van der Waals surface area contributed by atoms with Gasteiger partial charge in [-0.2, -0.15) is 5.26 Å². The highest BCUT2D eigenvalue weighted by molar-refractivity contribution is 5.98. The highest BCUT2D eigenvalue weighted by Crippen LogP contribution is 2.39. The molecular formula is C20H22FN7O. The number of rotatable bonds is 7. The van der Waals surface area contributed by atoms with Crippen LogP contribution in [0.25, 0.3) is 0 Å². The van der Waals surface area contributed by atoms with Gasteiger partial charge in [0.15, 0.2) is 5.82 Å². The van der Waals surface area contributed by atoms with Gasteiger partial charge in [0.05, 0.1) is 23.5 Å². The van der Waals surface area contributed by atoms with Crippen LogP contribution in [0.1, 0.15) is 24.6 Å². The van der Waals surface area contributed by atoms with Crippen molar-refractivity contribution >= 4 is 41.3 Å². The second-order valence-corrected chi connectivity index (χ2v) is 6.94. The number of aryl methyl sites for hydroxylation is 1. The van der Waals surface area contributed by atoms with Gasteiger partial charge >= 0.3 is 0 Å². The molecule has 2 N–H and O–H groups in total. The lowest BCUT2D eigenvalue weighted by molar-refractivity contribution is -0.117. The molecule has 9 heteroatoms. The summed E-state index contributed by atoms with van der Waals surface area (Å²) in [5.41, 5.74) is 3.02. The topological polar surface area (TPSA) is 106 Å². The lowest BCUT2D eigenvalue weighted by atomic mass is 10.1. The Hall–Kier alpha value is -3.54. The Kier molecular flexibility index (Phi) is 5.73. The van der Waals surface area contributed by atoms with E-state index in [1.54, 1.807) is 18.3 Å². The molecular weight excluding hydrogens is 373 g/mol. The molecule has 8 nitrogen and oxygen atoms in total. The summed E-state index contributed by atoms with van der Waals surface area (Å²) in [7, 11) is 3.66. The molecule has 2 unspecified atom stereocenters. The zero-order valence-corrected chi connectivity index (χ0v) is 16.5. The number of carbonyl (C=O) groups is 1. The summed E-state index contributed by atoms with van der Waals surface area (Å²) in [4.78, 5) is 26.6. The maximum atomic E-state index is 13.3. The molecule has 1 aliphatic rings. The van der Waals surface area contributed by atoms with Crippen LogP contribution in [0.5, 0.6) is 0 Å². The van der Waals surface area contributed by atoms with Crippen LogP contribution in [0.15, 0.2) is 23.3 Å². The Balaban J connectivity index is 1.99. The number of nitrogens with one attached hydrogen (secondary N) is 2. The first-order chi connectivity index (χ1) is 13.9. The molecule has 1 amide bonds. The van der Waals surface area contributed by atoms with Crippen LogP contribution in [0.4, 0.5) is 33.1 Å². The van der Waals surface area contributed by atoms with Gasteiger partial charge in [-0.15, -0.1) is 0 Å². The van der Waals surface area contributed by atoms with E-state index in [4.69, 9.17) is 5.26 Å². The lowest BCUT2D eigenvalue weighted by Crippen LogP contribution is -2.18. The number of pyridine rings is 2. The van der Waals surface area contributed by atoms with Crippen molar-refractivity contribution in [1.82, 2.24) is 9.97 Å². The molecule has 2 aromatic rings. The van der Waals surface area contributed by atoms with Gasteiger partial charge < -0.3 is 15.5 Å². The average molecular weight is 395 g/mol. The molecule has 29 heavy (non-hydrogen) atoms. The number of halogens is 1. The highest BCUT2D eigenvalue weighted by Gasteiger charge is 2.44. The predicted octanol–water partition coefficient (Wildman–Crippen LogP) is 3.35. The maximum Gasteiger partial charge on any atom is 0.231 e.